The first-order valence-electron chi connectivity index (χ1n) is 16.5. The number of imide groups is 1. The van der Waals surface area contributed by atoms with Crippen molar-refractivity contribution in [3.8, 4) is 5.75 Å². The number of ketones is 1. The molecule has 2 atom stereocenters. The Morgan fingerprint density at radius 1 is 0.679 bits per heavy atom. The molecule has 0 unspecified atom stereocenters. The summed E-state index contributed by atoms with van der Waals surface area (Å²) in [5, 5.41) is 12.9. The smallest absolute Gasteiger partial charge is 0.343 e. The van der Waals surface area contributed by atoms with Crippen molar-refractivity contribution in [3.63, 3.8) is 0 Å². The van der Waals surface area contributed by atoms with E-state index in [0.29, 0.717) is 0 Å². The van der Waals surface area contributed by atoms with Gasteiger partial charge in [0.2, 0.25) is 0 Å². The number of nitro groups is 1. The summed E-state index contributed by atoms with van der Waals surface area (Å²) in [5.74, 6) is -5.77. The second-order valence-electron chi connectivity index (χ2n) is 12.9. The summed E-state index contributed by atoms with van der Waals surface area (Å²) in [6, 6.07) is 30.0. The molecule has 0 aromatic heterocycles. The van der Waals surface area contributed by atoms with E-state index in [-0.39, 0.29) is 38.2 Å². The highest BCUT2D eigenvalue weighted by molar-refractivity contribution is 6.42. The zero-order chi connectivity index (χ0) is 37.1. The van der Waals surface area contributed by atoms with Gasteiger partial charge in [-0.1, -0.05) is 71.7 Å². The van der Waals surface area contributed by atoms with Crippen LogP contribution in [0.25, 0.3) is 0 Å². The topological polar surface area (TPSA) is 144 Å². The number of halogens is 2. The second-order valence-corrected chi connectivity index (χ2v) is 13.7. The highest BCUT2D eigenvalue weighted by atomic mass is 35.5. The van der Waals surface area contributed by atoms with E-state index in [1.54, 1.807) is 0 Å². The molecule has 5 aromatic carbocycles. The average molecular weight is 747 g/mol. The lowest BCUT2D eigenvalue weighted by Crippen LogP contribution is -2.52. The van der Waals surface area contributed by atoms with Crippen molar-refractivity contribution in [2.75, 3.05) is 6.54 Å². The molecule has 3 amide bonds. The number of rotatable bonds is 8. The monoisotopic (exact) mass is 745 g/mol. The molecule has 0 radical (unpaired) electrons. The third kappa shape index (κ3) is 5.65. The summed E-state index contributed by atoms with van der Waals surface area (Å²) in [6.07, 6.45) is 0. The van der Waals surface area contributed by atoms with Crippen molar-refractivity contribution >= 4 is 58.4 Å². The van der Waals surface area contributed by atoms with Gasteiger partial charge in [-0.15, -0.1) is 0 Å². The second kappa shape index (κ2) is 13.1. The van der Waals surface area contributed by atoms with Crippen LogP contribution in [0.4, 0.5) is 5.69 Å². The molecular formula is C40H25Cl2N3O8. The quantitative estimate of drug-likeness (QED) is 0.0403. The number of esters is 1. The third-order valence-electron chi connectivity index (χ3n) is 10.1. The molecule has 262 valence electrons. The maximum atomic E-state index is 14.6. The number of ether oxygens (including phenoxy) is 1. The van der Waals surface area contributed by atoms with Crippen molar-refractivity contribution in [2.45, 2.75) is 11.8 Å². The van der Waals surface area contributed by atoms with Crippen LogP contribution in [-0.2, 0) is 9.59 Å². The Hall–Kier alpha value is -6.17. The summed E-state index contributed by atoms with van der Waals surface area (Å²) < 4.78 is 5.37. The number of carbonyl (C=O) groups is 5. The summed E-state index contributed by atoms with van der Waals surface area (Å²) in [6.45, 7) is -0.687. The maximum Gasteiger partial charge on any atom is 0.343 e. The fourth-order valence-corrected chi connectivity index (χ4v) is 8.03. The van der Waals surface area contributed by atoms with Gasteiger partial charge in [0, 0.05) is 35.1 Å². The summed E-state index contributed by atoms with van der Waals surface area (Å²) >= 11 is 12.4. The zero-order valence-electron chi connectivity index (χ0n) is 27.3. The van der Waals surface area contributed by atoms with Gasteiger partial charge in [0.25, 0.3) is 23.4 Å². The number of benzene rings is 5. The van der Waals surface area contributed by atoms with E-state index in [1.807, 2.05) is 48.5 Å². The summed E-state index contributed by atoms with van der Waals surface area (Å²) in [7, 11) is 0. The minimum absolute atomic E-state index is 0.00530. The average Bonchev–Trinajstić information content (AvgIpc) is 3.44. The molecule has 9 rings (SSSR count). The molecule has 13 heteroatoms. The number of hydrazine groups is 1. The molecule has 0 N–H and O–H groups in total. The first-order valence-corrected chi connectivity index (χ1v) is 17.2. The lowest BCUT2D eigenvalue weighted by atomic mass is 9.55. The van der Waals surface area contributed by atoms with Crippen LogP contribution in [-0.4, -0.2) is 51.0 Å². The Labute approximate surface area is 311 Å². The Bertz CT molecular complexity index is 2280. The third-order valence-corrected chi connectivity index (χ3v) is 10.8. The van der Waals surface area contributed by atoms with Crippen molar-refractivity contribution in [2.24, 2.45) is 11.8 Å². The number of carbonyl (C=O) groups excluding carboxylic acids is 5. The maximum absolute atomic E-state index is 14.6. The van der Waals surface area contributed by atoms with Crippen molar-refractivity contribution < 1.29 is 33.6 Å². The van der Waals surface area contributed by atoms with E-state index in [9.17, 15) is 34.1 Å². The molecular weight excluding hydrogens is 721 g/mol. The van der Waals surface area contributed by atoms with Crippen LogP contribution in [0.1, 0.15) is 65.2 Å². The van der Waals surface area contributed by atoms with Gasteiger partial charge in [0.15, 0.2) is 5.78 Å². The highest BCUT2D eigenvalue weighted by Crippen LogP contribution is 2.61. The minimum Gasteiger partial charge on any atom is -0.423 e. The van der Waals surface area contributed by atoms with Crippen LogP contribution >= 0.6 is 23.2 Å². The Morgan fingerprint density at radius 2 is 1.17 bits per heavy atom. The van der Waals surface area contributed by atoms with E-state index in [1.165, 1.54) is 66.7 Å². The van der Waals surface area contributed by atoms with Crippen molar-refractivity contribution in [1.82, 2.24) is 10.0 Å². The molecule has 1 fully saturated rings. The lowest BCUT2D eigenvalue weighted by molar-refractivity contribution is -0.384. The van der Waals surface area contributed by atoms with E-state index >= 15 is 0 Å². The molecule has 1 aliphatic heterocycles. The van der Waals surface area contributed by atoms with Gasteiger partial charge in [-0.3, -0.25) is 29.3 Å². The summed E-state index contributed by atoms with van der Waals surface area (Å²) in [5.41, 5.74) is 3.80. The number of non-ortho nitro benzene ring substituents is 1. The number of nitrogens with zero attached hydrogens (tertiary/aromatic N) is 3. The first kappa shape index (κ1) is 33.9. The first-order chi connectivity index (χ1) is 25.5. The van der Waals surface area contributed by atoms with E-state index < -0.39 is 64.6 Å². The number of Topliss-reactive ketones (excluding diaryl/α,β-unsaturated/α-hetero) is 1. The van der Waals surface area contributed by atoms with Gasteiger partial charge in [0.1, 0.15) is 12.3 Å². The number of nitro benzene ring substituents is 1. The van der Waals surface area contributed by atoms with Crippen molar-refractivity contribution in [3.05, 3.63) is 174 Å². The zero-order valence-corrected chi connectivity index (χ0v) is 28.9. The molecule has 4 aliphatic rings. The Balaban J connectivity index is 1.10. The molecule has 2 bridgehead atoms. The number of hydrogen-bond acceptors (Lipinski definition) is 8. The Morgan fingerprint density at radius 3 is 1.66 bits per heavy atom. The van der Waals surface area contributed by atoms with Gasteiger partial charge >= 0.3 is 5.97 Å². The van der Waals surface area contributed by atoms with E-state index in [0.717, 1.165) is 32.3 Å². The van der Waals surface area contributed by atoms with Crippen LogP contribution in [0.2, 0.25) is 10.0 Å². The highest BCUT2D eigenvalue weighted by Gasteiger charge is 2.63. The largest absolute Gasteiger partial charge is 0.423 e. The normalized spacial score (nSPS) is 19.2. The molecule has 5 aromatic rings. The molecule has 1 saturated heterocycles. The van der Waals surface area contributed by atoms with E-state index in [2.05, 4.69) is 0 Å². The van der Waals surface area contributed by atoms with Gasteiger partial charge in [-0.2, -0.15) is 5.01 Å². The number of hydrogen-bond donors (Lipinski definition) is 0. The molecule has 1 heterocycles. The molecule has 11 nitrogen and oxygen atoms in total. The van der Waals surface area contributed by atoms with Crippen LogP contribution in [0.3, 0.4) is 0 Å². The molecule has 0 saturated carbocycles. The van der Waals surface area contributed by atoms with Gasteiger partial charge in [0.05, 0.1) is 32.4 Å². The van der Waals surface area contributed by atoms with Crippen molar-refractivity contribution in [1.29, 1.82) is 0 Å². The number of amides is 3. The van der Waals surface area contributed by atoms with Gasteiger partial charge < -0.3 is 4.74 Å². The fraction of sp³-hybridized carbons (Fsp3) is 0.125. The van der Waals surface area contributed by atoms with Crippen LogP contribution in [0, 0.1) is 22.0 Å². The van der Waals surface area contributed by atoms with Crippen LogP contribution in [0.15, 0.2) is 115 Å². The molecule has 53 heavy (non-hydrogen) atoms. The predicted octanol–water partition coefficient (Wildman–Crippen LogP) is 7.25. The fourth-order valence-electron chi connectivity index (χ4n) is 7.73. The van der Waals surface area contributed by atoms with Gasteiger partial charge in [-0.25, -0.2) is 9.80 Å². The van der Waals surface area contributed by atoms with E-state index in [4.69, 9.17) is 27.9 Å². The summed E-state index contributed by atoms with van der Waals surface area (Å²) in [4.78, 5) is 80.3. The van der Waals surface area contributed by atoms with Gasteiger partial charge in [-0.05, 0) is 76.9 Å². The SMILES string of the molecule is O=C(CN(C(=O)c1ccc(Cl)c(Cl)c1)N1C(=O)[C@@H]2C3c4ccccc4C(c4ccccc43)[C@@H]2C1=O)c1ccc(OC(=O)c2ccc([N+](=O)[O-])cc2)cc1. The Kier molecular flexibility index (Phi) is 8.39. The van der Waals surface area contributed by atoms with Crippen LogP contribution in [0.5, 0.6) is 5.75 Å². The molecule has 3 aliphatic carbocycles. The van der Waals surface area contributed by atoms with Crippen LogP contribution < -0.4 is 4.74 Å². The minimum atomic E-state index is -0.812. The predicted molar refractivity (Wildman–Crippen MR) is 192 cm³/mol. The standard InChI is InChI=1S/C40H25Cl2N3O8/c41-30-18-13-23(19-31(30)42)37(47)43(20-32(46)21-11-16-25(17-12-21)53-40(50)22-9-14-24(15-10-22)45(51)52)44-38(48)35-33-26-5-1-2-6-27(26)34(36(35)39(44)49)29-8-4-3-7-28(29)33/h1-19,33-36H,20H2/t33?,34?,35-,36+. The lowest BCUT2D eigenvalue weighted by Gasteiger charge is -2.45. The molecule has 0 spiro atoms.